The lowest BCUT2D eigenvalue weighted by atomic mass is 10.2. The minimum atomic E-state index is -0.509. The van der Waals surface area contributed by atoms with Crippen molar-refractivity contribution in [1.29, 1.82) is 0 Å². The van der Waals surface area contributed by atoms with E-state index in [1.54, 1.807) is 20.8 Å². The first-order valence-corrected chi connectivity index (χ1v) is 13.6. The predicted molar refractivity (Wildman–Crippen MR) is 171 cm³/mol. The Bertz CT molecular complexity index is 802. The molecule has 0 fully saturated rings. The maximum absolute atomic E-state index is 11.1. The van der Waals surface area contributed by atoms with E-state index < -0.39 is 28.6 Å². The summed E-state index contributed by atoms with van der Waals surface area (Å²) in [6.45, 7) is 24.6. The summed E-state index contributed by atoms with van der Waals surface area (Å²) >= 11 is 4.71. The highest BCUT2D eigenvalue weighted by Crippen LogP contribution is 2.06. The smallest absolute Gasteiger partial charge is 0.407 e. The summed E-state index contributed by atoms with van der Waals surface area (Å²) in [5.41, 5.74) is 17.6. The molecule has 0 heterocycles. The first-order valence-electron chi connectivity index (χ1n) is 13.3. The largest absolute Gasteiger partial charge is 1.00 e. The van der Waals surface area contributed by atoms with Crippen molar-refractivity contribution in [1.82, 2.24) is 21.3 Å². The van der Waals surface area contributed by atoms with Crippen LogP contribution >= 0.6 is 11.6 Å². The van der Waals surface area contributed by atoms with E-state index in [9.17, 15) is 24.0 Å². The number of carbonyl (C=O) groups is 5. The molecule has 0 aliphatic rings. The first-order chi connectivity index (χ1) is 19.8. The molecule has 0 aliphatic heterocycles. The van der Waals surface area contributed by atoms with Gasteiger partial charge in [0.15, 0.2) is 0 Å². The average molecular weight is 676 g/mol. The van der Waals surface area contributed by atoms with E-state index in [1.807, 2.05) is 20.8 Å². The number of nitrogens with two attached hydrogens (primary N) is 3. The summed E-state index contributed by atoms with van der Waals surface area (Å²) in [5.74, 6) is -0.394. The standard InChI is InChI=1S/C10H18N2O3.C7H16N2O2.C5H10N2O.C3H3ClO.C2H8N2.ClH/c1-5-8(13)11-6-7-12-9(14)15-10(2,3)4;1-7(2,3)11-6(10)9-5-4-8;1-2-5(8)7-4-3-6;1-2-3(4)5;3-1-2-4;/h5H,1,6-7H2,2-4H3,(H,11,13)(H,12,14);4-5,8H2,1-3H3,(H,9,10);2H,1,3-4,6H2,(H,7,8);2H,1H2;1-4H2;1H. The molecule has 0 bridgehead atoms. The van der Waals surface area contributed by atoms with Crippen LogP contribution in [0.3, 0.4) is 0 Å². The maximum Gasteiger partial charge on any atom is 0.407 e. The van der Waals surface area contributed by atoms with E-state index in [-0.39, 0.29) is 24.2 Å². The van der Waals surface area contributed by atoms with Crippen LogP contribution in [0.25, 0.3) is 0 Å². The second-order valence-corrected chi connectivity index (χ2v) is 9.95. The van der Waals surface area contributed by atoms with Crippen LogP contribution < -0.4 is 56.6 Å². The van der Waals surface area contributed by atoms with E-state index in [1.165, 1.54) is 12.2 Å². The average Bonchev–Trinajstić information content (AvgIpc) is 2.91. The van der Waals surface area contributed by atoms with Crippen molar-refractivity contribution in [2.45, 2.75) is 52.7 Å². The number of hydrogen-bond acceptors (Lipinski definition) is 10. The zero-order valence-electron chi connectivity index (χ0n) is 27.1. The van der Waals surface area contributed by atoms with Crippen molar-refractivity contribution >= 4 is 40.8 Å². The van der Waals surface area contributed by atoms with Gasteiger partial charge in [0.25, 0.3) is 0 Å². The van der Waals surface area contributed by atoms with Crippen LogP contribution in [0.2, 0.25) is 0 Å². The summed E-state index contributed by atoms with van der Waals surface area (Å²) < 4.78 is 9.92. The Hall–Kier alpha value is -3.21. The topological polar surface area (TPSA) is 258 Å². The molecule has 15 nitrogen and oxygen atoms in total. The van der Waals surface area contributed by atoms with Gasteiger partial charge in [-0.1, -0.05) is 19.7 Å². The van der Waals surface area contributed by atoms with E-state index in [0.717, 1.165) is 12.6 Å². The highest BCUT2D eigenvalue weighted by molar-refractivity contribution is 6.66. The number of quaternary nitrogens is 1. The highest BCUT2D eigenvalue weighted by Gasteiger charge is 2.15. The van der Waals surface area contributed by atoms with Crippen LogP contribution in [0.1, 0.15) is 41.5 Å². The molecule has 0 saturated carbocycles. The van der Waals surface area contributed by atoms with Crippen LogP contribution in [-0.4, -0.2) is 92.8 Å². The van der Waals surface area contributed by atoms with Crippen molar-refractivity contribution in [2.75, 3.05) is 52.4 Å². The first kappa shape index (κ1) is 53.4. The summed E-state index contributed by atoms with van der Waals surface area (Å²) in [6.07, 6.45) is 2.56. The monoisotopic (exact) mass is 674 g/mol. The molecule has 44 heavy (non-hydrogen) atoms. The molecule has 0 saturated heterocycles. The van der Waals surface area contributed by atoms with Crippen molar-refractivity contribution in [3.8, 4) is 0 Å². The fourth-order valence-electron chi connectivity index (χ4n) is 1.51. The molecule has 260 valence electrons. The van der Waals surface area contributed by atoms with Gasteiger partial charge >= 0.3 is 12.2 Å². The van der Waals surface area contributed by atoms with Crippen molar-refractivity contribution in [2.24, 2.45) is 17.2 Å². The van der Waals surface area contributed by atoms with E-state index in [2.05, 4.69) is 46.7 Å². The third-order valence-corrected chi connectivity index (χ3v) is 3.23. The molecule has 0 aromatic heterocycles. The number of nitrogens with one attached hydrogen (secondary N) is 4. The fourth-order valence-corrected chi connectivity index (χ4v) is 1.51. The van der Waals surface area contributed by atoms with E-state index >= 15 is 0 Å². The Balaban J connectivity index is -0.000000110. The molecule has 0 atom stereocenters. The van der Waals surface area contributed by atoms with Gasteiger partial charge in [-0.25, -0.2) is 9.59 Å². The molecule has 0 aromatic carbocycles. The molecule has 13 N–H and O–H groups in total. The molecule has 0 rings (SSSR count). The van der Waals surface area contributed by atoms with Gasteiger partial charge in [-0.15, -0.1) is 0 Å². The number of halogens is 2. The number of ether oxygens (including phenoxy) is 2. The molecular formula is C27H56Cl2N8O7. The Morgan fingerprint density at radius 2 is 0.977 bits per heavy atom. The van der Waals surface area contributed by atoms with E-state index in [4.69, 9.17) is 38.3 Å². The van der Waals surface area contributed by atoms with Gasteiger partial charge in [0.1, 0.15) is 11.2 Å². The minimum Gasteiger partial charge on any atom is -1.00 e. The van der Waals surface area contributed by atoms with E-state index in [0.29, 0.717) is 45.8 Å². The maximum atomic E-state index is 11.1. The SMILES string of the molecule is C=CC(=O)Cl.C=CC(=O)NCCNC(=O)OC(C)(C)C.C=CC(=O)NCC[NH3+].CC(C)(C)OC(=O)NCCN.NCCN.[Cl-]. The fraction of sp³-hybridized carbons (Fsp3) is 0.593. The van der Waals surface area contributed by atoms with Crippen LogP contribution in [0.4, 0.5) is 9.59 Å². The van der Waals surface area contributed by atoms with Crippen LogP contribution in [0.15, 0.2) is 38.0 Å². The van der Waals surface area contributed by atoms with Crippen LogP contribution in [-0.2, 0) is 23.9 Å². The second-order valence-electron chi connectivity index (χ2n) is 9.58. The van der Waals surface area contributed by atoms with Crippen molar-refractivity contribution in [3.63, 3.8) is 0 Å². The second kappa shape index (κ2) is 36.0. The lowest BCUT2D eigenvalue weighted by molar-refractivity contribution is -0.364. The number of amides is 4. The minimum absolute atomic E-state index is 0. The quantitative estimate of drug-likeness (QED) is 0.0614. The van der Waals surface area contributed by atoms with Gasteiger partial charge in [-0.3, -0.25) is 14.4 Å². The highest BCUT2D eigenvalue weighted by atomic mass is 35.5. The Kier molecular flexibility index (Phi) is 43.6. The Morgan fingerprint density at radius 1 is 0.659 bits per heavy atom. The summed E-state index contributed by atoms with van der Waals surface area (Å²) in [5, 5.41) is 9.59. The third-order valence-electron chi connectivity index (χ3n) is 3.08. The summed E-state index contributed by atoms with van der Waals surface area (Å²) in [7, 11) is 0. The molecule has 0 spiro atoms. The molecule has 0 aromatic rings. The van der Waals surface area contributed by atoms with Gasteiger partial charge < -0.3 is 66.1 Å². The van der Waals surface area contributed by atoms with Crippen LogP contribution in [0, 0.1) is 0 Å². The number of alkyl carbamates (subject to hydrolysis) is 2. The van der Waals surface area contributed by atoms with Crippen molar-refractivity contribution in [3.05, 3.63) is 38.0 Å². The van der Waals surface area contributed by atoms with Gasteiger partial charge in [-0.05, 0) is 71.4 Å². The Morgan fingerprint density at radius 3 is 1.23 bits per heavy atom. The molecule has 17 heteroatoms. The van der Waals surface area contributed by atoms with Gasteiger partial charge in [-0.2, -0.15) is 0 Å². The normalized spacial score (nSPS) is 9.16. The Labute approximate surface area is 273 Å². The van der Waals surface area contributed by atoms with Crippen molar-refractivity contribution < 1.29 is 51.6 Å². The number of carbonyl (C=O) groups excluding carboxylic acids is 5. The zero-order valence-corrected chi connectivity index (χ0v) is 28.6. The number of rotatable bonds is 11. The molecule has 0 unspecified atom stereocenters. The third kappa shape index (κ3) is 66.8. The van der Waals surface area contributed by atoms with Gasteiger partial charge in [0.2, 0.25) is 17.1 Å². The molecule has 4 amide bonds. The van der Waals surface area contributed by atoms with Gasteiger partial charge in [0, 0.05) is 39.3 Å². The molecule has 0 radical (unpaired) electrons. The molecular weight excluding hydrogens is 619 g/mol. The lowest BCUT2D eigenvalue weighted by Gasteiger charge is -2.19. The molecule has 0 aliphatic carbocycles. The zero-order chi connectivity index (χ0) is 34.9. The van der Waals surface area contributed by atoms with Gasteiger partial charge in [0.05, 0.1) is 13.1 Å². The number of hydrogen-bond donors (Lipinski definition) is 8. The predicted octanol–water partition coefficient (Wildman–Crippen LogP) is -3.34. The number of allylic oxidation sites excluding steroid dienone is 1. The van der Waals surface area contributed by atoms with Crippen LogP contribution in [0.5, 0.6) is 0 Å². The lowest BCUT2D eigenvalue weighted by Crippen LogP contribution is -3.00. The summed E-state index contributed by atoms with van der Waals surface area (Å²) in [4.78, 5) is 52.4. The summed E-state index contributed by atoms with van der Waals surface area (Å²) in [6, 6.07) is 0.